The van der Waals surface area contributed by atoms with Gasteiger partial charge in [-0.05, 0) is 49.9 Å². The van der Waals surface area contributed by atoms with Gasteiger partial charge in [0.25, 0.3) is 0 Å². The summed E-state index contributed by atoms with van der Waals surface area (Å²) in [5, 5.41) is 2.58. The van der Waals surface area contributed by atoms with E-state index < -0.39 is 0 Å². The fraction of sp³-hybridized carbons (Fsp3) is 0.462. The van der Waals surface area contributed by atoms with Crippen molar-refractivity contribution in [3.05, 3.63) is 29.1 Å². The van der Waals surface area contributed by atoms with E-state index in [1.54, 1.807) is 6.92 Å². The topological polar surface area (TPSA) is 55.1 Å². The van der Waals surface area contributed by atoms with E-state index in [1.165, 1.54) is 6.07 Å². The molecule has 0 saturated carbocycles. The maximum absolute atomic E-state index is 13.8. The number of benzene rings is 1. The molecule has 92 valence electrons. The van der Waals surface area contributed by atoms with Crippen LogP contribution in [0.1, 0.15) is 36.8 Å². The monoisotopic (exact) mass is 236 g/mol. The van der Waals surface area contributed by atoms with E-state index in [0.29, 0.717) is 12.2 Å². The van der Waals surface area contributed by atoms with E-state index in [1.807, 2.05) is 6.07 Å². The summed E-state index contributed by atoms with van der Waals surface area (Å²) < 4.78 is 13.8. The Bertz CT molecular complexity index is 445. The molecule has 1 aliphatic rings. The van der Waals surface area contributed by atoms with Gasteiger partial charge in [0, 0.05) is 0 Å². The molecule has 0 saturated heterocycles. The van der Waals surface area contributed by atoms with Gasteiger partial charge in [-0.15, -0.1) is 0 Å². The number of rotatable bonds is 4. The Hall–Kier alpha value is -1.42. The number of halogens is 1. The number of aryl methyl sites for hydroxylation is 1. The average Bonchev–Trinajstić information content (AvgIpc) is 2.58. The first-order chi connectivity index (χ1) is 8.13. The molecule has 0 fully saturated rings. The Morgan fingerprint density at radius 1 is 1.41 bits per heavy atom. The highest BCUT2D eigenvalue weighted by molar-refractivity contribution is 6.02. The molecule has 0 spiro atoms. The molecule has 0 bridgehead atoms. The third kappa shape index (κ3) is 2.31. The molecule has 1 aromatic carbocycles. The molecule has 17 heavy (non-hydrogen) atoms. The fourth-order valence-corrected chi connectivity index (χ4v) is 2.15. The molecule has 1 aliphatic heterocycles. The first-order valence-electron chi connectivity index (χ1n) is 5.96. The van der Waals surface area contributed by atoms with Crippen molar-refractivity contribution in [3.8, 4) is 0 Å². The molecule has 4 heteroatoms. The summed E-state index contributed by atoms with van der Waals surface area (Å²) in [6, 6.07) is 3.44. The van der Waals surface area contributed by atoms with Crippen LogP contribution in [0.4, 0.5) is 10.1 Å². The van der Waals surface area contributed by atoms with E-state index >= 15 is 0 Å². The summed E-state index contributed by atoms with van der Waals surface area (Å²) in [6.07, 6.45) is 2.69. The van der Waals surface area contributed by atoms with Crippen LogP contribution in [0.3, 0.4) is 0 Å². The quantitative estimate of drug-likeness (QED) is 0.787. The number of nitrogens with two attached hydrogens (primary N) is 1. The van der Waals surface area contributed by atoms with Crippen molar-refractivity contribution >= 4 is 11.6 Å². The zero-order valence-corrected chi connectivity index (χ0v) is 9.92. The third-order valence-electron chi connectivity index (χ3n) is 3.21. The third-order valence-corrected chi connectivity index (χ3v) is 3.21. The van der Waals surface area contributed by atoms with Crippen LogP contribution in [0.25, 0.3) is 0 Å². The summed E-state index contributed by atoms with van der Waals surface area (Å²) in [5.74, 6) is -0.713. The number of hydrogen-bond donors (Lipinski definition) is 2. The van der Waals surface area contributed by atoms with Crippen LogP contribution in [0.2, 0.25) is 0 Å². The average molecular weight is 236 g/mol. The molecule has 1 aromatic rings. The van der Waals surface area contributed by atoms with Crippen molar-refractivity contribution in [1.29, 1.82) is 0 Å². The second-order valence-corrected chi connectivity index (χ2v) is 4.50. The molecular formula is C13H17FN2O. The van der Waals surface area contributed by atoms with Gasteiger partial charge in [0.15, 0.2) is 0 Å². The van der Waals surface area contributed by atoms with E-state index in [0.717, 1.165) is 30.4 Å². The molecule has 3 nitrogen and oxygen atoms in total. The molecule has 0 radical (unpaired) electrons. The summed E-state index contributed by atoms with van der Waals surface area (Å²) in [4.78, 5) is 11.5. The Balaban J connectivity index is 2.22. The Morgan fingerprint density at radius 2 is 2.18 bits per heavy atom. The lowest BCUT2D eigenvalue weighted by Crippen LogP contribution is -2.08. The van der Waals surface area contributed by atoms with Gasteiger partial charge in [-0.25, -0.2) is 4.39 Å². The molecule has 1 heterocycles. The van der Waals surface area contributed by atoms with Gasteiger partial charge >= 0.3 is 0 Å². The Morgan fingerprint density at radius 3 is 2.88 bits per heavy atom. The smallest absolute Gasteiger partial charge is 0.231 e. The number of carbonyl (C=O) groups is 1. The predicted octanol–water partition coefficient (Wildman–Crippen LogP) is 2.16. The Kier molecular flexibility index (Phi) is 3.43. The van der Waals surface area contributed by atoms with E-state index in [-0.39, 0.29) is 17.6 Å². The van der Waals surface area contributed by atoms with Crippen LogP contribution in [0.5, 0.6) is 0 Å². The number of unbranched alkanes of at least 4 members (excludes halogenated alkanes) is 1. The Labute approximate surface area is 100 Å². The van der Waals surface area contributed by atoms with Crippen molar-refractivity contribution in [2.24, 2.45) is 5.73 Å². The van der Waals surface area contributed by atoms with Crippen LogP contribution in [0, 0.1) is 5.82 Å². The highest BCUT2D eigenvalue weighted by Gasteiger charge is 2.29. The number of carbonyl (C=O) groups excluding carboxylic acids is 1. The van der Waals surface area contributed by atoms with Gasteiger partial charge in [0.05, 0.1) is 11.6 Å². The molecule has 1 unspecified atom stereocenters. The highest BCUT2D eigenvalue weighted by Crippen LogP contribution is 2.35. The van der Waals surface area contributed by atoms with Gasteiger partial charge in [0.1, 0.15) is 5.82 Å². The van der Waals surface area contributed by atoms with Crippen molar-refractivity contribution in [2.45, 2.75) is 32.1 Å². The largest absolute Gasteiger partial charge is 0.330 e. The van der Waals surface area contributed by atoms with Gasteiger partial charge in [-0.1, -0.05) is 6.07 Å². The van der Waals surface area contributed by atoms with Crippen molar-refractivity contribution in [1.82, 2.24) is 0 Å². The fourth-order valence-electron chi connectivity index (χ4n) is 2.15. The minimum Gasteiger partial charge on any atom is -0.330 e. The number of amides is 1. The van der Waals surface area contributed by atoms with E-state index in [2.05, 4.69) is 5.32 Å². The lowest BCUT2D eigenvalue weighted by atomic mass is 9.98. The van der Waals surface area contributed by atoms with Crippen molar-refractivity contribution < 1.29 is 9.18 Å². The van der Waals surface area contributed by atoms with Crippen molar-refractivity contribution in [3.63, 3.8) is 0 Å². The first kappa shape index (κ1) is 12.0. The lowest BCUT2D eigenvalue weighted by Gasteiger charge is -2.07. The van der Waals surface area contributed by atoms with Crippen molar-refractivity contribution in [2.75, 3.05) is 11.9 Å². The number of anilines is 1. The normalized spacial score (nSPS) is 18.1. The van der Waals surface area contributed by atoms with Gasteiger partial charge in [-0.3, -0.25) is 4.79 Å². The van der Waals surface area contributed by atoms with Crippen LogP contribution in [-0.4, -0.2) is 12.5 Å². The maximum atomic E-state index is 13.8. The van der Waals surface area contributed by atoms with E-state index in [4.69, 9.17) is 5.73 Å². The number of fused-ring (bicyclic) bond motifs is 1. The van der Waals surface area contributed by atoms with Gasteiger partial charge < -0.3 is 11.1 Å². The summed E-state index contributed by atoms with van der Waals surface area (Å²) in [7, 11) is 0. The predicted molar refractivity (Wildman–Crippen MR) is 65.4 cm³/mol. The molecule has 0 aliphatic carbocycles. The molecule has 0 aromatic heterocycles. The molecule has 3 N–H and O–H groups in total. The van der Waals surface area contributed by atoms with Gasteiger partial charge in [0.2, 0.25) is 5.91 Å². The second-order valence-electron chi connectivity index (χ2n) is 4.50. The highest BCUT2D eigenvalue weighted by atomic mass is 19.1. The zero-order chi connectivity index (χ0) is 12.4. The van der Waals surface area contributed by atoms with Crippen LogP contribution < -0.4 is 11.1 Å². The van der Waals surface area contributed by atoms with E-state index in [9.17, 15) is 9.18 Å². The van der Waals surface area contributed by atoms with Gasteiger partial charge in [-0.2, -0.15) is 0 Å². The summed E-state index contributed by atoms with van der Waals surface area (Å²) in [6.45, 7) is 2.45. The maximum Gasteiger partial charge on any atom is 0.231 e. The molecule has 2 rings (SSSR count). The minimum absolute atomic E-state index is 0.127. The van der Waals surface area contributed by atoms with Crippen LogP contribution in [0.15, 0.2) is 12.1 Å². The molecule has 1 amide bonds. The summed E-state index contributed by atoms with van der Waals surface area (Å²) >= 11 is 0. The first-order valence-corrected chi connectivity index (χ1v) is 5.96. The second kappa shape index (κ2) is 4.84. The SMILES string of the molecule is CC1C(=O)Nc2c(F)cc(CCCCN)cc21. The standard InChI is InChI=1S/C13H17FN2O/c1-8-10-6-9(4-2-3-5-15)7-11(14)12(10)16-13(8)17/h6-8H,2-5,15H2,1H3,(H,16,17). The minimum atomic E-state index is -0.331. The number of nitrogens with one attached hydrogen (secondary N) is 1. The molecular weight excluding hydrogens is 219 g/mol. The lowest BCUT2D eigenvalue weighted by molar-refractivity contribution is -0.116. The van der Waals surface area contributed by atoms with Crippen LogP contribution >= 0.6 is 0 Å². The molecule has 1 atom stereocenters. The summed E-state index contributed by atoms with van der Waals surface area (Å²) in [5.41, 5.74) is 7.49. The van der Waals surface area contributed by atoms with Crippen LogP contribution in [-0.2, 0) is 11.2 Å². The number of hydrogen-bond acceptors (Lipinski definition) is 2. The zero-order valence-electron chi connectivity index (χ0n) is 9.92.